The van der Waals surface area contributed by atoms with E-state index in [9.17, 15) is 13.2 Å². The van der Waals surface area contributed by atoms with E-state index in [0.29, 0.717) is 27.2 Å². The largest absolute Gasteiger partial charge is 0.478 e. The average molecular weight is 389 g/mol. The van der Waals surface area contributed by atoms with Crippen LogP contribution < -0.4 is 4.72 Å². The highest BCUT2D eigenvalue weighted by Gasteiger charge is 2.16. The molecule has 0 amide bonds. The second kappa shape index (κ2) is 7.15. The monoisotopic (exact) mass is 388 g/mol. The van der Waals surface area contributed by atoms with Crippen LogP contribution in [0.2, 0.25) is 5.02 Å². The lowest BCUT2D eigenvalue weighted by Gasteiger charge is -2.11. The Hall–Kier alpha value is -2.90. The number of nitrogens with one attached hydrogen (secondary N) is 1. The third-order valence-electron chi connectivity index (χ3n) is 3.57. The first-order valence-electron chi connectivity index (χ1n) is 7.44. The molecule has 0 spiro atoms. The third-order valence-corrected chi connectivity index (χ3v) is 5.28. The second-order valence-corrected chi connectivity index (χ2v) is 7.43. The van der Waals surface area contributed by atoms with E-state index in [-0.39, 0.29) is 4.90 Å². The summed E-state index contributed by atoms with van der Waals surface area (Å²) in [4.78, 5) is 14.8. The van der Waals surface area contributed by atoms with Gasteiger partial charge in [0.2, 0.25) is 0 Å². The first kappa shape index (κ1) is 17.9. The SMILES string of the molecule is O=C(O)C=Cc1ccc(S(=O)(=O)Nc2ccc(Cl)c3cccnc23)cc1. The lowest BCUT2D eigenvalue weighted by Crippen LogP contribution is -2.13. The lowest BCUT2D eigenvalue weighted by atomic mass is 10.2. The zero-order valence-corrected chi connectivity index (χ0v) is 14.8. The summed E-state index contributed by atoms with van der Waals surface area (Å²) in [7, 11) is -3.84. The number of hydrogen-bond donors (Lipinski definition) is 2. The van der Waals surface area contributed by atoms with Crippen molar-refractivity contribution in [2.75, 3.05) is 4.72 Å². The van der Waals surface area contributed by atoms with Crippen molar-refractivity contribution in [1.29, 1.82) is 0 Å². The molecule has 0 aliphatic rings. The lowest BCUT2D eigenvalue weighted by molar-refractivity contribution is -0.131. The Morgan fingerprint density at radius 2 is 1.85 bits per heavy atom. The number of carboxylic acid groups (broad SMARTS) is 1. The fourth-order valence-corrected chi connectivity index (χ4v) is 3.63. The predicted molar refractivity (Wildman–Crippen MR) is 101 cm³/mol. The number of fused-ring (bicyclic) bond motifs is 1. The molecule has 3 rings (SSSR count). The van der Waals surface area contributed by atoms with Gasteiger partial charge in [-0.1, -0.05) is 23.7 Å². The van der Waals surface area contributed by atoms with Crippen LogP contribution in [0.15, 0.2) is 65.7 Å². The number of anilines is 1. The molecular weight excluding hydrogens is 376 g/mol. The molecule has 2 aromatic carbocycles. The van der Waals surface area contributed by atoms with Crippen molar-refractivity contribution in [2.24, 2.45) is 0 Å². The van der Waals surface area contributed by atoms with Crippen molar-refractivity contribution < 1.29 is 18.3 Å². The Morgan fingerprint density at radius 3 is 2.54 bits per heavy atom. The summed E-state index contributed by atoms with van der Waals surface area (Å²) >= 11 is 6.12. The van der Waals surface area contributed by atoms with Crippen LogP contribution in [-0.2, 0) is 14.8 Å². The molecule has 8 heteroatoms. The van der Waals surface area contributed by atoms with Crippen molar-refractivity contribution >= 4 is 50.3 Å². The van der Waals surface area contributed by atoms with Gasteiger partial charge in [-0.05, 0) is 48.0 Å². The molecule has 0 aliphatic heterocycles. The van der Waals surface area contributed by atoms with Gasteiger partial charge < -0.3 is 5.11 Å². The summed E-state index contributed by atoms with van der Waals surface area (Å²) in [5.41, 5.74) is 1.34. The van der Waals surface area contributed by atoms with Crippen LogP contribution in [0.25, 0.3) is 17.0 Å². The van der Waals surface area contributed by atoms with Crippen LogP contribution >= 0.6 is 11.6 Å². The molecule has 1 aromatic heterocycles. The highest BCUT2D eigenvalue weighted by molar-refractivity contribution is 7.92. The van der Waals surface area contributed by atoms with Gasteiger partial charge in [0.1, 0.15) is 0 Å². The fourth-order valence-electron chi connectivity index (χ4n) is 2.35. The molecule has 3 aromatic rings. The van der Waals surface area contributed by atoms with E-state index < -0.39 is 16.0 Å². The summed E-state index contributed by atoms with van der Waals surface area (Å²) in [5, 5.41) is 9.74. The van der Waals surface area contributed by atoms with Gasteiger partial charge in [0, 0.05) is 17.7 Å². The van der Waals surface area contributed by atoms with Crippen LogP contribution in [0.3, 0.4) is 0 Å². The highest BCUT2D eigenvalue weighted by atomic mass is 35.5. The van der Waals surface area contributed by atoms with Crippen molar-refractivity contribution in [3.8, 4) is 0 Å². The summed E-state index contributed by atoms with van der Waals surface area (Å²) in [5.74, 6) is -1.08. The number of carbonyl (C=O) groups is 1. The summed E-state index contributed by atoms with van der Waals surface area (Å²) in [6, 6.07) is 12.5. The van der Waals surface area contributed by atoms with E-state index in [1.165, 1.54) is 30.3 Å². The molecule has 0 atom stereocenters. The van der Waals surface area contributed by atoms with E-state index >= 15 is 0 Å². The smallest absolute Gasteiger partial charge is 0.328 e. The van der Waals surface area contributed by atoms with Gasteiger partial charge in [-0.2, -0.15) is 0 Å². The highest BCUT2D eigenvalue weighted by Crippen LogP contribution is 2.29. The number of benzene rings is 2. The first-order chi connectivity index (χ1) is 12.4. The van der Waals surface area contributed by atoms with Crippen LogP contribution in [0.5, 0.6) is 0 Å². The minimum atomic E-state index is -3.84. The van der Waals surface area contributed by atoms with Crippen molar-refractivity contribution in [2.45, 2.75) is 4.90 Å². The number of nitrogens with zero attached hydrogens (tertiary/aromatic N) is 1. The predicted octanol–water partition coefficient (Wildman–Crippen LogP) is 3.79. The number of carboxylic acids is 1. The molecule has 1 heterocycles. The molecule has 0 unspecified atom stereocenters. The molecule has 6 nitrogen and oxygen atoms in total. The van der Waals surface area contributed by atoms with Gasteiger partial charge in [-0.25, -0.2) is 13.2 Å². The molecule has 26 heavy (non-hydrogen) atoms. The van der Waals surface area contributed by atoms with Crippen LogP contribution in [0, 0.1) is 0 Å². The number of sulfonamides is 1. The zero-order chi connectivity index (χ0) is 18.7. The van der Waals surface area contributed by atoms with Gasteiger partial charge in [-0.3, -0.25) is 9.71 Å². The zero-order valence-electron chi connectivity index (χ0n) is 13.3. The molecule has 0 saturated carbocycles. The summed E-state index contributed by atoms with van der Waals surface area (Å²) in [6.07, 6.45) is 3.91. The fraction of sp³-hybridized carbons (Fsp3) is 0. The van der Waals surface area contributed by atoms with Gasteiger partial charge in [0.05, 0.1) is 21.1 Å². The molecule has 2 N–H and O–H groups in total. The normalized spacial score (nSPS) is 11.7. The van der Waals surface area contributed by atoms with Crippen molar-refractivity contribution in [3.05, 3.63) is 71.4 Å². The van der Waals surface area contributed by atoms with E-state index in [2.05, 4.69) is 9.71 Å². The van der Waals surface area contributed by atoms with Crippen molar-refractivity contribution in [1.82, 2.24) is 4.98 Å². The quantitative estimate of drug-likeness (QED) is 0.648. The van der Waals surface area contributed by atoms with E-state index in [1.807, 2.05) is 0 Å². The summed E-state index contributed by atoms with van der Waals surface area (Å²) in [6.45, 7) is 0. The standard InChI is InChI=1S/C18H13ClN2O4S/c19-15-8-9-16(18-14(15)2-1-11-20-18)21-26(24,25)13-6-3-12(4-7-13)5-10-17(22)23/h1-11,21H,(H,22,23). The number of aromatic nitrogens is 1. The Kier molecular flexibility index (Phi) is 4.92. The maximum atomic E-state index is 12.6. The number of hydrogen-bond acceptors (Lipinski definition) is 4. The number of pyridine rings is 1. The Morgan fingerprint density at radius 1 is 1.12 bits per heavy atom. The average Bonchev–Trinajstić information content (AvgIpc) is 2.63. The van der Waals surface area contributed by atoms with Gasteiger partial charge in [-0.15, -0.1) is 0 Å². The topological polar surface area (TPSA) is 96.4 Å². The molecule has 0 aliphatic carbocycles. The maximum absolute atomic E-state index is 12.6. The molecule has 0 bridgehead atoms. The van der Waals surface area contributed by atoms with Crippen molar-refractivity contribution in [3.63, 3.8) is 0 Å². The Labute approximate surface area is 154 Å². The van der Waals surface area contributed by atoms with E-state index in [4.69, 9.17) is 16.7 Å². The molecule has 132 valence electrons. The molecule has 0 fully saturated rings. The minimum Gasteiger partial charge on any atom is -0.478 e. The Bertz CT molecular complexity index is 1110. The van der Waals surface area contributed by atoms with Gasteiger partial charge >= 0.3 is 5.97 Å². The second-order valence-electron chi connectivity index (χ2n) is 5.34. The third kappa shape index (κ3) is 3.84. The van der Waals surface area contributed by atoms with E-state index in [1.54, 1.807) is 30.5 Å². The molecule has 0 saturated heterocycles. The van der Waals surface area contributed by atoms with Gasteiger partial charge in [0.15, 0.2) is 0 Å². The number of halogens is 1. The Balaban J connectivity index is 1.93. The number of aliphatic carboxylic acids is 1. The van der Waals surface area contributed by atoms with Crippen LogP contribution in [0.1, 0.15) is 5.56 Å². The first-order valence-corrected chi connectivity index (χ1v) is 9.30. The molecule has 0 radical (unpaired) electrons. The van der Waals surface area contributed by atoms with Crippen LogP contribution in [0.4, 0.5) is 5.69 Å². The van der Waals surface area contributed by atoms with Gasteiger partial charge in [0.25, 0.3) is 10.0 Å². The summed E-state index contributed by atoms with van der Waals surface area (Å²) < 4.78 is 27.8. The minimum absolute atomic E-state index is 0.0454. The molecular formula is C18H13ClN2O4S. The van der Waals surface area contributed by atoms with E-state index in [0.717, 1.165) is 6.08 Å². The van der Waals surface area contributed by atoms with Crippen LogP contribution in [-0.4, -0.2) is 24.5 Å². The number of rotatable bonds is 5. The maximum Gasteiger partial charge on any atom is 0.328 e.